The monoisotopic (exact) mass is 390 g/mol. The van der Waals surface area contributed by atoms with Gasteiger partial charge in [0.15, 0.2) is 0 Å². The first-order valence-corrected chi connectivity index (χ1v) is 10.5. The molecule has 1 saturated carbocycles. The van der Waals surface area contributed by atoms with E-state index >= 15 is 0 Å². The van der Waals surface area contributed by atoms with E-state index in [0.29, 0.717) is 36.5 Å². The molecule has 20 heavy (non-hydrogen) atoms. The molecule has 3 fully saturated rings. The van der Waals surface area contributed by atoms with Gasteiger partial charge in [-0.2, -0.15) is 0 Å². The van der Waals surface area contributed by atoms with Crippen LogP contribution < -0.4 is 26.5 Å². The Bertz CT molecular complexity index is 395. The summed E-state index contributed by atoms with van der Waals surface area (Å²) in [6.45, 7) is 1.82. The summed E-state index contributed by atoms with van der Waals surface area (Å²) >= 11 is 0.322. The van der Waals surface area contributed by atoms with Crippen molar-refractivity contribution >= 4 is 5.78 Å². The van der Waals surface area contributed by atoms with Crippen LogP contribution in [0, 0.1) is 11.8 Å². The normalized spacial score (nSPS) is 35.6. The van der Waals surface area contributed by atoms with Gasteiger partial charge >= 0.3 is 132 Å². The van der Waals surface area contributed by atoms with Gasteiger partial charge in [0.25, 0.3) is 0 Å². The molecule has 0 radical (unpaired) electrons. The molecule has 2 aliphatic heterocycles. The Kier molecular flexibility index (Phi) is 4.82. The first-order valence-electron chi connectivity index (χ1n) is 7.91. The molecule has 3 rings (SSSR count). The van der Waals surface area contributed by atoms with Gasteiger partial charge < -0.3 is 0 Å². The number of hydrogen-bond donors (Lipinski definition) is 2. The Morgan fingerprint density at radius 2 is 2.15 bits per heavy atom. The van der Waals surface area contributed by atoms with Crippen molar-refractivity contribution in [2.75, 3.05) is 24.1 Å². The topological polar surface area (TPSA) is 49.3 Å². The zero-order valence-corrected chi connectivity index (χ0v) is 14.2. The van der Waals surface area contributed by atoms with Gasteiger partial charge in [-0.1, -0.05) is 0 Å². The molecule has 0 aromatic heterocycles. The first kappa shape index (κ1) is 15.0. The SMILES string of the molecule is O=C(/C=C(\C1CCNCC1)[C@H]1CC12CCCC[I-]2)CO. The molecular weight excluding hydrogens is 365 g/mol. The van der Waals surface area contributed by atoms with Crippen LogP contribution in [-0.2, 0) is 4.79 Å². The fourth-order valence-corrected chi connectivity index (χ4v) is 8.25. The third kappa shape index (κ3) is 3.12. The molecule has 3 nitrogen and oxygen atoms in total. The van der Waals surface area contributed by atoms with E-state index in [1.165, 1.54) is 35.7 Å². The van der Waals surface area contributed by atoms with Crippen molar-refractivity contribution in [2.24, 2.45) is 11.8 Å². The van der Waals surface area contributed by atoms with Crippen molar-refractivity contribution in [2.45, 2.75) is 41.9 Å². The fourth-order valence-electron chi connectivity index (χ4n) is 3.85. The number of hydrogen-bond acceptors (Lipinski definition) is 3. The number of allylic oxidation sites excluding steroid dienone is 1. The molecule has 0 aromatic carbocycles. The zero-order valence-electron chi connectivity index (χ0n) is 12.0. The van der Waals surface area contributed by atoms with Crippen molar-refractivity contribution in [3.8, 4) is 0 Å². The van der Waals surface area contributed by atoms with Crippen molar-refractivity contribution in [3.63, 3.8) is 0 Å². The van der Waals surface area contributed by atoms with Crippen molar-refractivity contribution in [3.05, 3.63) is 11.6 Å². The number of piperidine rings is 1. The Labute approximate surface area is 131 Å². The van der Waals surface area contributed by atoms with E-state index in [-0.39, 0.29) is 12.4 Å². The number of carbonyl (C=O) groups is 1. The van der Waals surface area contributed by atoms with E-state index in [0.717, 1.165) is 25.9 Å². The maximum atomic E-state index is 11.7. The van der Waals surface area contributed by atoms with Crippen LogP contribution in [0.25, 0.3) is 0 Å². The Morgan fingerprint density at radius 1 is 1.35 bits per heavy atom. The van der Waals surface area contributed by atoms with Gasteiger partial charge in [0.05, 0.1) is 0 Å². The van der Waals surface area contributed by atoms with E-state index < -0.39 is 0 Å². The molecule has 2 heterocycles. The van der Waals surface area contributed by atoms with Gasteiger partial charge in [-0.3, -0.25) is 0 Å². The number of alkyl halides is 2. The Balaban J connectivity index is 1.76. The summed E-state index contributed by atoms with van der Waals surface area (Å²) < 4.78 is 2.12. The summed E-state index contributed by atoms with van der Waals surface area (Å²) in [5.74, 6) is 1.19. The van der Waals surface area contributed by atoms with E-state index in [4.69, 9.17) is 5.11 Å². The summed E-state index contributed by atoms with van der Waals surface area (Å²) in [6.07, 6.45) is 9.72. The summed E-state index contributed by atoms with van der Waals surface area (Å²) in [4.78, 5) is 11.7. The van der Waals surface area contributed by atoms with Crippen LogP contribution in [0.5, 0.6) is 0 Å². The molecule has 1 aliphatic carbocycles. The van der Waals surface area contributed by atoms with E-state index in [1.807, 2.05) is 6.08 Å². The quantitative estimate of drug-likeness (QED) is 0.349. The second-order valence-electron chi connectivity index (χ2n) is 6.36. The van der Waals surface area contributed by atoms with Gasteiger partial charge in [0, 0.05) is 0 Å². The average Bonchev–Trinajstić information content (AvgIpc) is 3.19. The van der Waals surface area contributed by atoms with E-state index in [1.54, 1.807) is 0 Å². The van der Waals surface area contributed by atoms with Crippen LogP contribution >= 0.6 is 0 Å². The third-order valence-electron chi connectivity index (χ3n) is 5.04. The Morgan fingerprint density at radius 3 is 2.80 bits per heavy atom. The average molecular weight is 390 g/mol. The number of nitrogens with one attached hydrogen (secondary N) is 1. The molecule has 4 heteroatoms. The van der Waals surface area contributed by atoms with Gasteiger partial charge in [-0.25, -0.2) is 0 Å². The second-order valence-corrected chi connectivity index (χ2v) is 10.4. The van der Waals surface area contributed by atoms with E-state index in [2.05, 4.69) is 5.32 Å². The summed E-state index contributed by atoms with van der Waals surface area (Å²) in [6, 6.07) is 0. The van der Waals surface area contributed by atoms with Crippen molar-refractivity contribution < 1.29 is 31.1 Å². The third-order valence-corrected chi connectivity index (χ3v) is 9.59. The predicted octanol–water partition coefficient (Wildman–Crippen LogP) is -1.49. The molecule has 0 aromatic rings. The molecule has 1 unspecified atom stereocenters. The number of ketones is 1. The Hall–Kier alpha value is 0.0600. The summed E-state index contributed by atoms with van der Waals surface area (Å²) in [7, 11) is 0. The molecule has 2 atom stereocenters. The first-order chi connectivity index (χ1) is 9.75. The summed E-state index contributed by atoms with van der Waals surface area (Å²) in [5.41, 5.74) is 1.41. The van der Waals surface area contributed by atoms with Gasteiger partial charge in [-0.15, -0.1) is 0 Å². The summed E-state index contributed by atoms with van der Waals surface area (Å²) in [5, 5.41) is 12.5. The number of aliphatic hydroxyl groups is 1. The van der Waals surface area contributed by atoms with Crippen LogP contribution in [0.15, 0.2) is 11.6 Å². The molecule has 114 valence electrons. The second kappa shape index (κ2) is 6.44. The maximum absolute atomic E-state index is 11.7. The number of rotatable bonds is 4. The van der Waals surface area contributed by atoms with E-state index in [9.17, 15) is 4.79 Å². The molecule has 1 spiro atoms. The van der Waals surface area contributed by atoms with Gasteiger partial charge in [0.2, 0.25) is 0 Å². The van der Waals surface area contributed by atoms with Gasteiger partial charge in [0.1, 0.15) is 0 Å². The van der Waals surface area contributed by atoms with Crippen LogP contribution in [0.2, 0.25) is 0 Å². The number of halogens is 1. The molecule has 3 aliphatic rings. The van der Waals surface area contributed by atoms with Gasteiger partial charge in [-0.05, 0) is 0 Å². The molecule has 0 bridgehead atoms. The van der Waals surface area contributed by atoms with Crippen molar-refractivity contribution in [1.82, 2.24) is 5.32 Å². The number of aliphatic hydroxyl groups excluding tert-OH is 1. The molecular formula is C16H25INO2-. The van der Waals surface area contributed by atoms with Crippen LogP contribution in [0.4, 0.5) is 0 Å². The number of carbonyl (C=O) groups excluding carboxylic acids is 1. The molecule has 0 amide bonds. The van der Waals surface area contributed by atoms with Crippen LogP contribution in [-0.4, -0.2) is 38.4 Å². The zero-order chi connectivity index (χ0) is 14.0. The fraction of sp³-hybridized carbons (Fsp3) is 0.812. The van der Waals surface area contributed by atoms with Crippen molar-refractivity contribution in [1.29, 1.82) is 0 Å². The minimum absolute atomic E-state index is 0.0883. The predicted molar refractivity (Wildman–Crippen MR) is 75.3 cm³/mol. The molecule has 2 saturated heterocycles. The standard InChI is InChI=1S/C16H25INO2/c19-11-13(20)9-14(12-3-7-18-8-4-12)15-10-16(15)5-1-2-6-17-16/h9,12,15,18-19H,1-8,10-11H2/q-1/b14-9+/t15-,16?/m1/s1. The van der Waals surface area contributed by atoms with Crippen LogP contribution in [0.3, 0.4) is 0 Å². The minimum atomic E-state index is -0.330. The van der Waals surface area contributed by atoms with Crippen LogP contribution in [0.1, 0.15) is 38.5 Å². The molecule has 2 N–H and O–H groups in total.